The first-order chi connectivity index (χ1) is 7.31. The van der Waals surface area contributed by atoms with Crippen LogP contribution in [0.5, 0.6) is 0 Å². The Morgan fingerprint density at radius 1 is 1.00 bits per heavy atom. The first-order valence-electron chi connectivity index (χ1n) is 4.72. The lowest BCUT2D eigenvalue weighted by Crippen LogP contribution is -2.14. The molecular formula is C9H18O5S. The number of rotatable bonds is 10. The number of carbonyl (C=O) groups excluding carboxylic acids is 1. The molecule has 0 spiro atoms. The van der Waals surface area contributed by atoms with Gasteiger partial charge in [0.1, 0.15) is 6.61 Å². The molecule has 5 nitrogen and oxygen atoms in total. The molecule has 0 aromatic heterocycles. The van der Waals surface area contributed by atoms with E-state index in [4.69, 9.17) is 18.9 Å². The summed E-state index contributed by atoms with van der Waals surface area (Å²) in [5.74, 6) is -0.238. The van der Waals surface area contributed by atoms with Crippen LogP contribution in [-0.4, -0.2) is 58.5 Å². The molecule has 0 saturated carbocycles. The van der Waals surface area contributed by atoms with E-state index in [0.29, 0.717) is 33.0 Å². The van der Waals surface area contributed by atoms with Crippen LogP contribution >= 0.6 is 12.6 Å². The van der Waals surface area contributed by atoms with Gasteiger partial charge in [-0.25, -0.2) is 0 Å². The van der Waals surface area contributed by atoms with Gasteiger partial charge in [-0.15, -0.1) is 0 Å². The van der Waals surface area contributed by atoms with Gasteiger partial charge < -0.3 is 18.9 Å². The van der Waals surface area contributed by atoms with Crippen LogP contribution in [0.3, 0.4) is 0 Å². The summed E-state index contributed by atoms with van der Waals surface area (Å²) in [6.45, 7) is 2.80. The van der Waals surface area contributed by atoms with Gasteiger partial charge in [-0.1, -0.05) is 0 Å². The Hall–Kier alpha value is -0.300. The van der Waals surface area contributed by atoms with E-state index in [1.54, 1.807) is 7.11 Å². The van der Waals surface area contributed by atoms with Crippen molar-refractivity contribution in [3.63, 3.8) is 0 Å². The average Bonchev–Trinajstić information content (AvgIpc) is 2.26. The van der Waals surface area contributed by atoms with Crippen molar-refractivity contribution in [1.82, 2.24) is 0 Å². The summed E-state index contributed by atoms with van der Waals surface area (Å²) in [7, 11) is 1.62. The fourth-order valence-electron chi connectivity index (χ4n) is 0.724. The summed E-state index contributed by atoms with van der Waals surface area (Å²) < 4.78 is 19.8. The fraction of sp³-hybridized carbons (Fsp3) is 0.889. The molecule has 0 aromatic carbocycles. The number of ether oxygens (including phenoxy) is 4. The minimum absolute atomic E-state index is 0.0974. The first-order valence-corrected chi connectivity index (χ1v) is 5.35. The Morgan fingerprint density at radius 3 is 2.07 bits per heavy atom. The molecule has 0 amide bonds. The van der Waals surface area contributed by atoms with Gasteiger partial charge in [-0.2, -0.15) is 12.6 Å². The van der Waals surface area contributed by atoms with Crippen molar-refractivity contribution >= 4 is 18.6 Å². The van der Waals surface area contributed by atoms with Crippen LogP contribution in [0.2, 0.25) is 0 Å². The summed E-state index contributed by atoms with van der Waals surface area (Å²) in [5, 5.41) is 0. The third kappa shape index (κ3) is 11.6. The molecule has 90 valence electrons. The van der Waals surface area contributed by atoms with Gasteiger partial charge in [0.25, 0.3) is 0 Å². The summed E-state index contributed by atoms with van der Waals surface area (Å²) in [6, 6.07) is 0. The molecule has 0 aliphatic rings. The molecule has 6 heteroatoms. The van der Waals surface area contributed by atoms with E-state index in [2.05, 4.69) is 12.6 Å². The normalized spacial score (nSPS) is 10.3. The van der Waals surface area contributed by atoms with Crippen molar-refractivity contribution in [3.8, 4) is 0 Å². The smallest absolute Gasteiger partial charge is 0.315 e. The van der Waals surface area contributed by atoms with E-state index in [0.717, 1.165) is 0 Å². The van der Waals surface area contributed by atoms with Crippen molar-refractivity contribution in [2.24, 2.45) is 0 Å². The minimum atomic E-state index is -0.335. The highest BCUT2D eigenvalue weighted by atomic mass is 32.1. The molecule has 0 aromatic rings. The van der Waals surface area contributed by atoms with Crippen LogP contribution in [0.4, 0.5) is 0 Å². The highest BCUT2D eigenvalue weighted by Gasteiger charge is 1.97. The number of thiol groups is 1. The van der Waals surface area contributed by atoms with Gasteiger partial charge in [0.05, 0.1) is 38.8 Å². The zero-order valence-electron chi connectivity index (χ0n) is 8.94. The summed E-state index contributed by atoms with van der Waals surface area (Å²) in [5.41, 5.74) is 0. The zero-order chi connectivity index (χ0) is 11.4. The minimum Gasteiger partial charge on any atom is -0.463 e. The molecule has 0 aliphatic heterocycles. The maximum Gasteiger partial charge on any atom is 0.315 e. The van der Waals surface area contributed by atoms with Crippen LogP contribution in [0, 0.1) is 0 Å². The van der Waals surface area contributed by atoms with Crippen molar-refractivity contribution < 1.29 is 23.7 Å². The average molecular weight is 238 g/mol. The molecule has 0 radical (unpaired) electrons. The van der Waals surface area contributed by atoms with Gasteiger partial charge in [-0.05, 0) is 0 Å². The maximum atomic E-state index is 10.6. The third-order valence-electron chi connectivity index (χ3n) is 1.42. The molecule has 0 saturated heterocycles. The molecule has 0 rings (SSSR count). The van der Waals surface area contributed by atoms with Crippen LogP contribution in [0.15, 0.2) is 0 Å². The summed E-state index contributed by atoms with van der Waals surface area (Å²) in [6.07, 6.45) is 0. The Balaban J connectivity index is 2.95. The number of hydrogen-bond acceptors (Lipinski definition) is 6. The predicted octanol–water partition coefficient (Wildman–Crippen LogP) is 0.139. The Bertz CT molecular complexity index is 153. The second kappa shape index (κ2) is 11.8. The lowest BCUT2D eigenvalue weighted by molar-refractivity contribution is -0.142. The molecule has 0 fully saturated rings. The predicted molar refractivity (Wildman–Crippen MR) is 58.3 cm³/mol. The first kappa shape index (κ1) is 14.7. The highest BCUT2D eigenvalue weighted by molar-refractivity contribution is 7.81. The second-order valence-corrected chi connectivity index (χ2v) is 2.91. The standard InChI is InChI=1S/C9H18O5S/c1-11-2-3-12-4-5-13-6-7-14-9(10)8-15/h15H,2-8H2,1H3. The van der Waals surface area contributed by atoms with Crippen molar-refractivity contribution in [2.45, 2.75) is 0 Å². The largest absolute Gasteiger partial charge is 0.463 e. The van der Waals surface area contributed by atoms with E-state index < -0.39 is 0 Å². The van der Waals surface area contributed by atoms with Crippen LogP contribution in [0.25, 0.3) is 0 Å². The zero-order valence-corrected chi connectivity index (χ0v) is 9.83. The third-order valence-corrected chi connectivity index (χ3v) is 1.68. The molecule has 0 atom stereocenters. The van der Waals surface area contributed by atoms with Crippen molar-refractivity contribution in [2.75, 3.05) is 52.5 Å². The quantitative estimate of drug-likeness (QED) is 0.333. The molecule has 0 N–H and O–H groups in total. The van der Waals surface area contributed by atoms with Gasteiger partial charge in [0.15, 0.2) is 0 Å². The lowest BCUT2D eigenvalue weighted by Gasteiger charge is -2.05. The van der Waals surface area contributed by atoms with Gasteiger partial charge in [-0.3, -0.25) is 4.79 Å². The number of carbonyl (C=O) groups is 1. The maximum absolute atomic E-state index is 10.6. The van der Waals surface area contributed by atoms with E-state index in [-0.39, 0.29) is 18.3 Å². The molecule has 0 bridgehead atoms. The van der Waals surface area contributed by atoms with Crippen LogP contribution < -0.4 is 0 Å². The van der Waals surface area contributed by atoms with E-state index >= 15 is 0 Å². The Labute approximate surface area is 95.4 Å². The summed E-state index contributed by atoms with van der Waals surface area (Å²) in [4.78, 5) is 10.6. The van der Waals surface area contributed by atoms with Gasteiger partial charge >= 0.3 is 5.97 Å². The lowest BCUT2D eigenvalue weighted by atomic mass is 10.7. The Morgan fingerprint density at radius 2 is 1.53 bits per heavy atom. The SMILES string of the molecule is COCCOCCOCCOC(=O)CS. The molecule has 0 unspecified atom stereocenters. The van der Waals surface area contributed by atoms with Gasteiger partial charge in [0.2, 0.25) is 0 Å². The van der Waals surface area contributed by atoms with Crippen molar-refractivity contribution in [1.29, 1.82) is 0 Å². The molecular weight excluding hydrogens is 220 g/mol. The second-order valence-electron chi connectivity index (χ2n) is 2.60. The van der Waals surface area contributed by atoms with Gasteiger partial charge in [0, 0.05) is 7.11 Å². The Kier molecular flexibility index (Phi) is 11.5. The summed E-state index contributed by atoms with van der Waals surface area (Å²) >= 11 is 3.76. The van der Waals surface area contributed by atoms with E-state index in [1.807, 2.05) is 0 Å². The van der Waals surface area contributed by atoms with E-state index in [9.17, 15) is 4.79 Å². The van der Waals surface area contributed by atoms with E-state index in [1.165, 1.54) is 0 Å². The molecule has 15 heavy (non-hydrogen) atoms. The number of methoxy groups -OCH3 is 1. The van der Waals surface area contributed by atoms with Crippen LogP contribution in [-0.2, 0) is 23.7 Å². The van der Waals surface area contributed by atoms with Crippen LogP contribution in [0.1, 0.15) is 0 Å². The highest BCUT2D eigenvalue weighted by Crippen LogP contribution is 1.84. The molecule has 0 aliphatic carbocycles. The topological polar surface area (TPSA) is 54.0 Å². The fourth-order valence-corrected chi connectivity index (χ4v) is 0.816. The van der Waals surface area contributed by atoms with Crippen molar-refractivity contribution in [3.05, 3.63) is 0 Å². The number of esters is 1. The number of hydrogen-bond donors (Lipinski definition) is 1. The monoisotopic (exact) mass is 238 g/mol. The molecule has 0 heterocycles.